The summed E-state index contributed by atoms with van der Waals surface area (Å²) in [4.78, 5) is 0. The van der Waals surface area contributed by atoms with E-state index < -0.39 is 0 Å². The molecule has 2 nitrogen and oxygen atoms in total. The van der Waals surface area contributed by atoms with E-state index in [9.17, 15) is 0 Å². The number of hydrogen-bond acceptors (Lipinski definition) is 2. The molecule has 1 aromatic rings. The van der Waals surface area contributed by atoms with E-state index in [2.05, 4.69) is 43.6 Å². The minimum atomic E-state index is 0.274. The van der Waals surface area contributed by atoms with Gasteiger partial charge < -0.3 is 10.1 Å². The largest absolute Gasteiger partial charge is 0.373 e. The van der Waals surface area contributed by atoms with Crippen LogP contribution in [0.15, 0.2) is 24.3 Å². The molecule has 2 aliphatic rings. The van der Waals surface area contributed by atoms with Gasteiger partial charge in [-0.05, 0) is 55.7 Å². The van der Waals surface area contributed by atoms with E-state index in [1.807, 2.05) is 0 Å². The average molecular weight is 287 g/mol. The Hall–Kier alpha value is -0.860. The third kappa shape index (κ3) is 2.89. The molecule has 0 bridgehead atoms. The van der Waals surface area contributed by atoms with E-state index >= 15 is 0 Å². The van der Waals surface area contributed by atoms with Crippen molar-refractivity contribution in [3.05, 3.63) is 35.4 Å². The maximum Gasteiger partial charge on any atom is 0.0842 e. The van der Waals surface area contributed by atoms with Crippen molar-refractivity contribution in [3.63, 3.8) is 0 Å². The summed E-state index contributed by atoms with van der Waals surface area (Å²) in [5, 5.41) is 3.63. The van der Waals surface area contributed by atoms with Crippen LogP contribution in [-0.2, 0) is 11.2 Å². The van der Waals surface area contributed by atoms with Crippen molar-refractivity contribution in [1.82, 2.24) is 5.32 Å². The molecule has 2 heteroatoms. The second kappa shape index (κ2) is 6.50. The molecule has 0 amide bonds. The lowest BCUT2D eigenvalue weighted by molar-refractivity contribution is 0.0142. The quantitative estimate of drug-likeness (QED) is 0.874. The predicted molar refractivity (Wildman–Crippen MR) is 87.5 cm³/mol. The van der Waals surface area contributed by atoms with Crippen molar-refractivity contribution < 1.29 is 4.74 Å². The van der Waals surface area contributed by atoms with Gasteiger partial charge in [0, 0.05) is 6.04 Å². The lowest BCUT2D eigenvalue weighted by Gasteiger charge is -2.40. The number of fused-ring (bicyclic) bond motifs is 1. The zero-order valence-electron chi connectivity index (χ0n) is 13.5. The minimum absolute atomic E-state index is 0.274. The topological polar surface area (TPSA) is 21.3 Å². The molecule has 1 aliphatic heterocycles. The van der Waals surface area contributed by atoms with Gasteiger partial charge in [0.2, 0.25) is 0 Å². The van der Waals surface area contributed by atoms with E-state index in [0.29, 0.717) is 11.5 Å². The molecular weight excluding hydrogens is 258 g/mol. The molecule has 1 fully saturated rings. The van der Waals surface area contributed by atoms with Crippen LogP contribution in [-0.4, -0.2) is 19.7 Å². The normalized spacial score (nSPS) is 25.5. The first-order valence-corrected chi connectivity index (χ1v) is 8.66. The predicted octanol–water partition coefficient (Wildman–Crippen LogP) is 4.25. The Labute approximate surface area is 129 Å². The number of nitrogens with one attached hydrogen (secondary N) is 1. The molecule has 1 N–H and O–H groups in total. The Kier molecular flexibility index (Phi) is 4.66. The van der Waals surface area contributed by atoms with Gasteiger partial charge >= 0.3 is 0 Å². The van der Waals surface area contributed by atoms with Crippen LogP contribution in [0.1, 0.15) is 62.7 Å². The van der Waals surface area contributed by atoms with Crippen LogP contribution < -0.4 is 5.32 Å². The van der Waals surface area contributed by atoms with Gasteiger partial charge in [-0.1, -0.05) is 44.0 Å². The second-order valence-corrected chi connectivity index (χ2v) is 6.81. The molecule has 1 aromatic carbocycles. The zero-order chi connectivity index (χ0) is 14.7. The van der Waals surface area contributed by atoms with Crippen molar-refractivity contribution in [2.45, 2.75) is 64.0 Å². The maximum atomic E-state index is 6.15. The Balaban J connectivity index is 1.79. The highest BCUT2D eigenvalue weighted by molar-refractivity contribution is 5.31. The third-order valence-corrected chi connectivity index (χ3v) is 5.93. The van der Waals surface area contributed by atoms with Crippen LogP contribution in [0.4, 0.5) is 0 Å². The minimum Gasteiger partial charge on any atom is -0.373 e. The monoisotopic (exact) mass is 287 g/mol. The van der Waals surface area contributed by atoms with Crippen molar-refractivity contribution in [3.8, 4) is 0 Å². The summed E-state index contributed by atoms with van der Waals surface area (Å²) in [5.41, 5.74) is 3.40. The van der Waals surface area contributed by atoms with Gasteiger partial charge in [0.1, 0.15) is 0 Å². The lowest BCUT2D eigenvalue weighted by atomic mass is 9.73. The first kappa shape index (κ1) is 15.1. The molecule has 1 heterocycles. The molecule has 2 unspecified atom stereocenters. The lowest BCUT2D eigenvalue weighted by Crippen LogP contribution is -2.43. The zero-order valence-corrected chi connectivity index (χ0v) is 13.5. The molecule has 1 aliphatic carbocycles. The maximum absolute atomic E-state index is 6.15. The van der Waals surface area contributed by atoms with Crippen molar-refractivity contribution in [2.24, 2.45) is 5.41 Å². The van der Waals surface area contributed by atoms with E-state index in [1.165, 1.54) is 43.2 Å². The molecule has 0 saturated heterocycles. The standard InChI is InChI=1S/C19H29NO/c1-3-19(11-6-7-12-19)18(20-2)14-17-16-9-5-4-8-15(16)10-13-21-17/h4-5,8-9,17-18,20H,3,6-7,10-14H2,1-2H3. The number of benzene rings is 1. The van der Waals surface area contributed by atoms with Crippen LogP contribution in [0.5, 0.6) is 0 Å². The summed E-state index contributed by atoms with van der Waals surface area (Å²) in [6, 6.07) is 9.41. The summed E-state index contributed by atoms with van der Waals surface area (Å²) in [7, 11) is 2.13. The first-order chi connectivity index (χ1) is 10.3. The summed E-state index contributed by atoms with van der Waals surface area (Å²) >= 11 is 0. The van der Waals surface area contributed by atoms with Crippen LogP contribution in [0, 0.1) is 5.41 Å². The van der Waals surface area contributed by atoms with Crippen molar-refractivity contribution >= 4 is 0 Å². The molecular formula is C19H29NO. The van der Waals surface area contributed by atoms with E-state index in [-0.39, 0.29) is 6.10 Å². The fraction of sp³-hybridized carbons (Fsp3) is 0.684. The average Bonchev–Trinajstić information content (AvgIpc) is 3.02. The van der Waals surface area contributed by atoms with E-state index in [4.69, 9.17) is 4.74 Å². The Morgan fingerprint density at radius 3 is 2.76 bits per heavy atom. The molecule has 0 spiro atoms. The van der Waals surface area contributed by atoms with Gasteiger partial charge in [-0.3, -0.25) is 0 Å². The van der Waals surface area contributed by atoms with Gasteiger partial charge in [0.25, 0.3) is 0 Å². The van der Waals surface area contributed by atoms with Crippen LogP contribution in [0.2, 0.25) is 0 Å². The summed E-state index contributed by atoms with van der Waals surface area (Å²) in [6.07, 6.45) is 9.29. The Morgan fingerprint density at radius 1 is 1.29 bits per heavy atom. The van der Waals surface area contributed by atoms with E-state index in [0.717, 1.165) is 19.4 Å². The Bertz CT molecular complexity index is 464. The summed E-state index contributed by atoms with van der Waals surface area (Å²) < 4.78 is 6.15. The third-order valence-electron chi connectivity index (χ3n) is 5.93. The van der Waals surface area contributed by atoms with Crippen LogP contribution >= 0.6 is 0 Å². The first-order valence-electron chi connectivity index (χ1n) is 8.66. The van der Waals surface area contributed by atoms with Gasteiger partial charge in [0.05, 0.1) is 12.7 Å². The van der Waals surface area contributed by atoms with Gasteiger partial charge in [-0.2, -0.15) is 0 Å². The smallest absolute Gasteiger partial charge is 0.0842 e. The fourth-order valence-corrected chi connectivity index (χ4v) is 4.59. The van der Waals surface area contributed by atoms with Gasteiger partial charge in [-0.15, -0.1) is 0 Å². The molecule has 0 aromatic heterocycles. The Morgan fingerprint density at radius 2 is 2.05 bits per heavy atom. The fourth-order valence-electron chi connectivity index (χ4n) is 4.59. The van der Waals surface area contributed by atoms with Crippen LogP contribution in [0.25, 0.3) is 0 Å². The van der Waals surface area contributed by atoms with Crippen molar-refractivity contribution in [1.29, 1.82) is 0 Å². The van der Waals surface area contributed by atoms with E-state index in [1.54, 1.807) is 0 Å². The highest BCUT2D eigenvalue weighted by Crippen LogP contribution is 2.46. The molecule has 116 valence electrons. The molecule has 21 heavy (non-hydrogen) atoms. The molecule has 3 rings (SSSR count). The number of hydrogen-bond donors (Lipinski definition) is 1. The highest BCUT2D eigenvalue weighted by Gasteiger charge is 2.40. The molecule has 0 radical (unpaired) electrons. The summed E-state index contributed by atoms with van der Waals surface area (Å²) in [6.45, 7) is 3.24. The molecule has 2 atom stereocenters. The van der Waals surface area contributed by atoms with Crippen LogP contribution in [0.3, 0.4) is 0 Å². The number of ether oxygens (including phenoxy) is 1. The summed E-state index contributed by atoms with van der Waals surface area (Å²) in [5.74, 6) is 0. The van der Waals surface area contributed by atoms with Gasteiger partial charge in [0.15, 0.2) is 0 Å². The van der Waals surface area contributed by atoms with Crippen molar-refractivity contribution in [2.75, 3.05) is 13.7 Å². The highest BCUT2D eigenvalue weighted by atomic mass is 16.5. The van der Waals surface area contributed by atoms with Gasteiger partial charge in [-0.25, -0.2) is 0 Å². The number of rotatable bonds is 5. The molecule has 1 saturated carbocycles. The SMILES string of the molecule is CCC1(C(CC2OCCc3ccccc32)NC)CCCC1. The second-order valence-electron chi connectivity index (χ2n) is 6.81.